The maximum atomic E-state index is 10.9. The van der Waals surface area contributed by atoms with E-state index in [1.165, 1.54) is 12.4 Å². The van der Waals surface area contributed by atoms with E-state index in [1.807, 2.05) is 13.8 Å². The second-order valence-electron chi connectivity index (χ2n) is 2.92. The minimum absolute atomic E-state index is 0.177. The molecule has 0 unspecified atom stereocenters. The van der Waals surface area contributed by atoms with Gasteiger partial charge in [0, 0.05) is 18.4 Å². The molecule has 0 fully saturated rings. The predicted octanol–water partition coefficient (Wildman–Crippen LogP) is 0.396. The highest BCUT2D eigenvalue weighted by Gasteiger charge is 2.10. The number of amides is 1. The van der Waals surface area contributed by atoms with E-state index in [9.17, 15) is 4.79 Å². The van der Waals surface area contributed by atoms with Crippen molar-refractivity contribution in [2.45, 2.75) is 19.9 Å². The van der Waals surface area contributed by atoms with Crippen LogP contribution in [0.15, 0.2) is 12.4 Å². The fourth-order valence-corrected chi connectivity index (χ4v) is 0.897. The zero-order valence-corrected chi connectivity index (χ0v) is 7.61. The number of rotatable bonds is 3. The number of aromatic nitrogens is 2. The Hall–Kier alpha value is -1.65. The molecule has 0 bridgehead atoms. The first-order chi connectivity index (χ1) is 6.11. The Morgan fingerprint density at radius 2 is 2.08 bits per heavy atom. The number of nitrogens with one attached hydrogen (secondary N) is 1. The van der Waals surface area contributed by atoms with Crippen LogP contribution in [0.25, 0.3) is 0 Å². The lowest BCUT2D eigenvalue weighted by Gasteiger charge is -2.10. The van der Waals surface area contributed by atoms with E-state index in [0.717, 1.165) is 0 Å². The van der Waals surface area contributed by atoms with Crippen LogP contribution in [-0.2, 0) is 0 Å². The first kappa shape index (κ1) is 9.44. The topological polar surface area (TPSA) is 80.9 Å². The van der Waals surface area contributed by atoms with Gasteiger partial charge in [-0.1, -0.05) is 0 Å². The lowest BCUT2D eigenvalue weighted by molar-refractivity contribution is 0.0996. The average Bonchev–Trinajstić information content (AvgIpc) is 2.03. The number of nitrogens with two attached hydrogens (primary N) is 1. The van der Waals surface area contributed by atoms with Crippen molar-refractivity contribution in [1.82, 2.24) is 9.97 Å². The van der Waals surface area contributed by atoms with Crippen LogP contribution in [0.4, 0.5) is 5.82 Å². The number of hydrogen-bond donors (Lipinski definition) is 2. The third kappa shape index (κ3) is 2.40. The SMILES string of the molecule is CC(C)Nc1nccnc1C(N)=O. The normalized spacial score (nSPS) is 10.1. The molecule has 5 nitrogen and oxygen atoms in total. The molecule has 0 saturated carbocycles. The molecule has 0 atom stereocenters. The summed E-state index contributed by atoms with van der Waals surface area (Å²) in [6, 6.07) is 0.190. The van der Waals surface area contributed by atoms with E-state index < -0.39 is 5.91 Å². The molecule has 1 rings (SSSR count). The summed E-state index contributed by atoms with van der Waals surface area (Å²) in [4.78, 5) is 18.7. The van der Waals surface area contributed by atoms with Crippen molar-refractivity contribution in [1.29, 1.82) is 0 Å². The van der Waals surface area contributed by atoms with Crippen LogP contribution in [0.1, 0.15) is 24.3 Å². The largest absolute Gasteiger partial charge is 0.366 e. The highest BCUT2D eigenvalue weighted by Crippen LogP contribution is 2.08. The van der Waals surface area contributed by atoms with Gasteiger partial charge in [-0.2, -0.15) is 0 Å². The minimum Gasteiger partial charge on any atom is -0.366 e. The zero-order chi connectivity index (χ0) is 9.84. The fraction of sp³-hybridized carbons (Fsp3) is 0.375. The van der Waals surface area contributed by atoms with Crippen molar-refractivity contribution in [2.75, 3.05) is 5.32 Å². The van der Waals surface area contributed by atoms with Gasteiger partial charge in [-0.15, -0.1) is 0 Å². The lowest BCUT2D eigenvalue weighted by atomic mass is 10.3. The summed E-state index contributed by atoms with van der Waals surface area (Å²) in [7, 11) is 0. The van der Waals surface area contributed by atoms with Crippen molar-refractivity contribution in [2.24, 2.45) is 5.73 Å². The van der Waals surface area contributed by atoms with Crippen LogP contribution in [-0.4, -0.2) is 21.9 Å². The van der Waals surface area contributed by atoms with Crippen molar-refractivity contribution in [3.05, 3.63) is 18.1 Å². The molecule has 1 aromatic heterocycles. The lowest BCUT2D eigenvalue weighted by Crippen LogP contribution is -2.20. The van der Waals surface area contributed by atoms with Gasteiger partial charge >= 0.3 is 0 Å². The molecule has 0 spiro atoms. The molecular weight excluding hydrogens is 168 g/mol. The van der Waals surface area contributed by atoms with Crippen molar-refractivity contribution < 1.29 is 4.79 Å². The van der Waals surface area contributed by atoms with Crippen LogP contribution < -0.4 is 11.1 Å². The highest BCUT2D eigenvalue weighted by molar-refractivity contribution is 5.95. The summed E-state index contributed by atoms with van der Waals surface area (Å²) >= 11 is 0. The summed E-state index contributed by atoms with van der Waals surface area (Å²) in [5.41, 5.74) is 5.29. The first-order valence-electron chi connectivity index (χ1n) is 3.98. The Morgan fingerprint density at radius 3 is 2.62 bits per heavy atom. The smallest absolute Gasteiger partial charge is 0.271 e. The second-order valence-corrected chi connectivity index (χ2v) is 2.92. The van der Waals surface area contributed by atoms with Gasteiger partial charge in [-0.3, -0.25) is 4.79 Å². The Morgan fingerprint density at radius 1 is 1.46 bits per heavy atom. The summed E-state index contributed by atoms with van der Waals surface area (Å²) in [6.45, 7) is 3.89. The van der Waals surface area contributed by atoms with Gasteiger partial charge in [-0.25, -0.2) is 9.97 Å². The summed E-state index contributed by atoms with van der Waals surface area (Å²) in [5.74, 6) is -0.138. The average molecular weight is 180 g/mol. The first-order valence-corrected chi connectivity index (χ1v) is 3.98. The van der Waals surface area contributed by atoms with Crippen LogP contribution in [0.5, 0.6) is 0 Å². The Labute approximate surface area is 76.4 Å². The van der Waals surface area contributed by atoms with Gasteiger partial charge in [0.1, 0.15) is 0 Å². The van der Waals surface area contributed by atoms with E-state index in [1.54, 1.807) is 0 Å². The van der Waals surface area contributed by atoms with Gasteiger partial charge in [-0.05, 0) is 13.8 Å². The molecule has 0 aromatic carbocycles. The maximum Gasteiger partial charge on any atom is 0.271 e. The van der Waals surface area contributed by atoms with Gasteiger partial charge in [0.25, 0.3) is 5.91 Å². The van der Waals surface area contributed by atoms with Crippen LogP contribution in [0, 0.1) is 0 Å². The summed E-state index contributed by atoms with van der Waals surface area (Å²) in [5, 5.41) is 2.98. The van der Waals surface area contributed by atoms with E-state index in [0.29, 0.717) is 5.82 Å². The maximum absolute atomic E-state index is 10.9. The van der Waals surface area contributed by atoms with Gasteiger partial charge < -0.3 is 11.1 Å². The third-order valence-corrected chi connectivity index (χ3v) is 1.36. The molecule has 1 aromatic rings. The third-order valence-electron chi connectivity index (χ3n) is 1.36. The Kier molecular flexibility index (Phi) is 2.79. The molecule has 0 aliphatic heterocycles. The quantitative estimate of drug-likeness (QED) is 0.705. The van der Waals surface area contributed by atoms with E-state index in [2.05, 4.69) is 15.3 Å². The molecule has 1 amide bonds. The monoisotopic (exact) mass is 180 g/mol. The molecular formula is C8H12N4O. The Balaban J connectivity index is 2.98. The highest BCUT2D eigenvalue weighted by atomic mass is 16.1. The molecule has 0 radical (unpaired) electrons. The van der Waals surface area contributed by atoms with Crippen LogP contribution in [0.3, 0.4) is 0 Å². The molecule has 0 aliphatic carbocycles. The van der Waals surface area contributed by atoms with Crippen LogP contribution in [0.2, 0.25) is 0 Å². The van der Waals surface area contributed by atoms with Crippen molar-refractivity contribution >= 4 is 11.7 Å². The van der Waals surface area contributed by atoms with Gasteiger partial charge in [0.2, 0.25) is 0 Å². The number of hydrogen-bond acceptors (Lipinski definition) is 4. The molecule has 0 aliphatic rings. The van der Waals surface area contributed by atoms with E-state index >= 15 is 0 Å². The molecule has 0 saturated heterocycles. The van der Waals surface area contributed by atoms with Gasteiger partial charge in [0.15, 0.2) is 11.5 Å². The van der Waals surface area contributed by atoms with Gasteiger partial charge in [0.05, 0.1) is 0 Å². The Bertz CT molecular complexity index is 311. The number of carbonyl (C=O) groups is 1. The number of primary amides is 1. The molecule has 5 heteroatoms. The molecule has 3 N–H and O–H groups in total. The number of anilines is 1. The number of nitrogens with zero attached hydrogens (tertiary/aromatic N) is 2. The molecule has 13 heavy (non-hydrogen) atoms. The predicted molar refractivity (Wildman–Crippen MR) is 49.3 cm³/mol. The zero-order valence-electron chi connectivity index (χ0n) is 7.61. The molecule has 70 valence electrons. The standard InChI is InChI=1S/C8H12N4O/c1-5(2)12-8-6(7(9)13)10-3-4-11-8/h3-5H,1-2H3,(H2,9,13)(H,11,12). The number of carbonyl (C=O) groups excluding carboxylic acids is 1. The summed E-state index contributed by atoms with van der Waals surface area (Å²) in [6.07, 6.45) is 2.95. The van der Waals surface area contributed by atoms with Crippen molar-refractivity contribution in [3.63, 3.8) is 0 Å². The summed E-state index contributed by atoms with van der Waals surface area (Å²) < 4.78 is 0. The second kappa shape index (κ2) is 3.84. The fourth-order valence-electron chi connectivity index (χ4n) is 0.897. The van der Waals surface area contributed by atoms with E-state index in [-0.39, 0.29) is 11.7 Å². The molecule has 1 heterocycles. The van der Waals surface area contributed by atoms with Crippen LogP contribution >= 0.6 is 0 Å². The van der Waals surface area contributed by atoms with Crippen molar-refractivity contribution in [3.8, 4) is 0 Å². The van der Waals surface area contributed by atoms with E-state index in [4.69, 9.17) is 5.73 Å². The minimum atomic E-state index is -0.573.